The van der Waals surface area contributed by atoms with Crippen LogP contribution in [-0.4, -0.2) is 19.3 Å². The Morgan fingerprint density at radius 3 is 2.83 bits per heavy atom. The highest BCUT2D eigenvalue weighted by molar-refractivity contribution is 5.24. The van der Waals surface area contributed by atoms with Crippen molar-refractivity contribution in [1.82, 2.24) is 5.32 Å². The largest absolute Gasteiger partial charge is 0.466 e. The van der Waals surface area contributed by atoms with Crippen LogP contribution in [0.5, 0.6) is 0 Å². The number of hydrogen-bond donors (Lipinski definition) is 1. The monoisotopic (exact) mass is 251 g/mol. The number of hydrogen-bond acceptors (Lipinski definition) is 3. The molecule has 0 bridgehead atoms. The predicted molar refractivity (Wildman–Crippen MR) is 72.8 cm³/mol. The van der Waals surface area contributed by atoms with E-state index in [-0.39, 0.29) is 0 Å². The summed E-state index contributed by atoms with van der Waals surface area (Å²) in [6.07, 6.45) is 5.01. The van der Waals surface area contributed by atoms with E-state index in [2.05, 4.69) is 25.2 Å². The highest BCUT2D eigenvalue weighted by atomic mass is 16.5. The first-order chi connectivity index (χ1) is 8.70. The molecule has 3 nitrogen and oxygen atoms in total. The SMILES string of the molecule is CCCNC(CC1CCCO1)c1cc(C)oc1C. The number of furan rings is 1. The van der Waals surface area contributed by atoms with E-state index in [1.54, 1.807) is 0 Å². The molecule has 1 aromatic heterocycles. The van der Waals surface area contributed by atoms with E-state index in [1.165, 1.54) is 18.4 Å². The molecule has 2 heterocycles. The van der Waals surface area contributed by atoms with Crippen molar-refractivity contribution in [2.75, 3.05) is 13.2 Å². The van der Waals surface area contributed by atoms with E-state index in [4.69, 9.17) is 9.15 Å². The molecule has 0 amide bonds. The highest BCUT2D eigenvalue weighted by Crippen LogP contribution is 2.28. The summed E-state index contributed by atoms with van der Waals surface area (Å²) in [5.41, 5.74) is 1.30. The van der Waals surface area contributed by atoms with Crippen molar-refractivity contribution in [1.29, 1.82) is 0 Å². The summed E-state index contributed by atoms with van der Waals surface area (Å²) in [6, 6.07) is 2.53. The second-order valence-corrected chi connectivity index (χ2v) is 5.25. The molecule has 0 saturated carbocycles. The summed E-state index contributed by atoms with van der Waals surface area (Å²) >= 11 is 0. The van der Waals surface area contributed by atoms with Gasteiger partial charge in [0.05, 0.1) is 6.10 Å². The van der Waals surface area contributed by atoms with E-state index in [9.17, 15) is 0 Å². The molecule has 0 radical (unpaired) electrons. The first-order valence-electron chi connectivity index (χ1n) is 7.12. The van der Waals surface area contributed by atoms with Crippen molar-refractivity contribution in [2.45, 2.75) is 58.6 Å². The third kappa shape index (κ3) is 3.36. The van der Waals surface area contributed by atoms with Gasteiger partial charge in [-0.25, -0.2) is 0 Å². The van der Waals surface area contributed by atoms with Gasteiger partial charge in [0.25, 0.3) is 0 Å². The summed E-state index contributed by atoms with van der Waals surface area (Å²) in [6.45, 7) is 8.23. The van der Waals surface area contributed by atoms with E-state index >= 15 is 0 Å². The van der Waals surface area contributed by atoms with Crippen LogP contribution < -0.4 is 5.32 Å². The topological polar surface area (TPSA) is 34.4 Å². The Morgan fingerprint density at radius 1 is 1.44 bits per heavy atom. The number of aryl methyl sites for hydroxylation is 2. The normalized spacial score (nSPS) is 21.4. The third-order valence-corrected chi connectivity index (χ3v) is 3.62. The zero-order valence-corrected chi connectivity index (χ0v) is 11.8. The fraction of sp³-hybridized carbons (Fsp3) is 0.733. The molecule has 2 unspecified atom stereocenters. The maximum absolute atomic E-state index is 5.76. The summed E-state index contributed by atoms with van der Waals surface area (Å²) < 4.78 is 11.4. The Hall–Kier alpha value is -0.800. The molecule has 1 aliphatic rings. The first-order valence-corrected chi connectivity index (χ1v) is 7.12. The van der Waals surface area contributed by atoms with Crippen LogP contribution in [0.2, 0.25) is 0 Å². The molecule has 1 fully saturated rings. The molecule has 1 aromatic rings. The van der Waals surface area contributed by atoms with Gasteiger partial charge >= 0.3 is 0 Å². The Balaban J connectivity index is 2.05. The lowest BCUT2D eigenvalue weighted by Crippen LogP contribution is -2.26. The zero-order valence-electron chi connectivity index (χ0n) is 11.8. The molecule has 1 N–H and O–H groups in total. The molecule has 0 spiro atoms. The standard InChI is InChI=1S/C15H25NO2/c1-4-7-16-15(10-13-6-5-8-17-13)14-9-11(2)18-12(14)3/h9,13,15-16H,4-8,10H2,1-3H3. The van der Waals surface area contributed by atoms with Crippen LogP contribution >= 0.6 is 0 Å². The van der Waals surface area contributed by atoms with Crippen molar-refractivity contribution in [2.24, 2.45) is 0 Å². The Bertz CT molecular complexity index is 367. The minimum atomic E-state index is 0.366. The van der Waals surface area contributed by atoms with E-state index in [0.717, 1.165) is 37.5 Å². The fourth-order valence-corrected chi connectivity index (χ4v) is 2.73. The Morgan fingerprint density at radius 2 is 2.28 bits per heavy atom. The predicted octanol–water partition coefficient (Wildman–Crippen LogP) is 3.51. The highest BCUT2D eigenvalue weighted by Gasteiger charge is 2.24. The van der Waals surface area contributed by atoms with Crippen LogP contribution in [0.3, 0.4) is 0 Å². The minimum Gasteiger partial charge on any atom is -0.466 e. The van der Waals surface area contributed by atoms with Gasteiger partial charge in [0.15, 0.2) is 0 Å². The maximum Gasteiger partial charge on any atom is 0.105 e. The van der Waals surface area contributed by atoms with E-state index in [0.29, 0.717) is 12.1 Å². The molecular formula is C15H25NO2. The summed E-state index contributed by atoms with van der Waals surface area (Å²) in [4.78, 5) is 0. The first kappa shape index (κ1) is 13.6. The van der Waals surface area contributed by atoms with Gasteiger partial charge in [-0.05, 0) is 52.1 Å². The fourth-order valence-electron chi connectivity index (χ4n) is 2.73. The van der Waals surface area contributed by atoms with Crippen molar-refractivity contribution >= 4 is 0 Å². The second-order valence-electron chi connectivity index (χ2n) is 5.25. The number of rotatable bonds is 6. The van der Waals surface area contributed by atoms with Crippen LogP contribution in [0, 0.1) is 13.8 Å². The zero-order chi connectivity index (χ0) is 13.0. The number of ether oxygens (including phenoxy) is 1. The Labute approximate surface area is 110 Å². The molecule has 102 valence electrons. The van der Waals surface area contributed by atoms with E-state index in [1.807, 2.05) is 6.92 Å². The average Bonchev–Trinajstić information content (AvgIpc) is 2.94. The van der Waals surface area contributed by atoms with Crippen LogP contribution in [0.1, 0.15) is 55.7 Å². The summed E-state index contributed by atoms with van der Waals surface area (Å²) in [5.74, 6) is 2.04. The summed E-state index contributed by atoms with van der Waals surface area (Å²) in [5, 5.41) is 3.63. The molecule has 0 aliphatic carbocycles. The van der Waals surface area contributed by atoms with Gasteiger partial charge in [0.1, 0.15) is 11.5 Å². The van der Waals surface area contributed by atoms with Crippen LogP contribution in [0.15, 0.2) is 10.5 Å². The second kappa shape index (κ2) is 6.39. The van der Waals surface area contributed by atoms with Gasteiger partial charge in [-0.1, -0.05) is 6.92 Å². The summed E-state index contributed by atoms with van der Waals surface area (Å²) in [7, 11) is 0. The van der Waals surface area contributed by atoms with Gasteiger partial charge in [-0.15, -0.1) is 0 Å². The smallest absolute Gasteiger partial charge is 0.105 e. The Kier molecular flexibility index (Phi) is 4.84. The molecule has 18 heavy (non-hydrogen) atoms. The molecule has 0 aromatic carbocycles. The maximum atomic E-state index is 5.76. The molecule has 1 saturated heterocycles. The van der Waals surface area contributed by atoms with Crippen molar-refractivity contribution in [3.63, 3.8) is 0 Å². The molecular weight excluding hydrogens is 226 g/mol. The van der Waals surface area contributed by atoms with Gasteiger partial charge in [-0.2, -0.15) is 0 Å². The van der Waals surface area contributed by atoms with Crippen molar-refractivity contribution < 1.29 is 9.15 Å². The van der Waals surface area contributed by atoms with Crippen LogP contribution in [0.25, 0.3) is 0 Å². The van der Waals surface area contributed by atoms with Crippen LogP contribution in [0.4, 0.5) is 0 Å². The van der Waals surface area contributed by atoms with E-state index < -0.39 is 0 Å². The van der Waals surface area contributed by atoms with Gasteiger partial charge < -0.3 is 14.5 Å². The minimum absolute atomic E-state index is 0.366. The van der Waals surface area contributed by atoms with Crippen molar-refractivity contribution in [3.8, 4) is 0 Å². The van der Waals surface area contributed by atoms with Crippen LogP contribution in [-0.2, 0) is 4.74 Å². The molecule has 2 rings (SSSR count). The lowest BCUT2D eigenvalue weighted by atomic mass is 9.99. The third-order valence-electron chi connectivity index (χ3n) is 3.62. The quantitative estimate of drug-likeness (QED) is 0.840. The molecule has 1 aliphatic heterocycles. The van der Waals surface area contributed by atoms with Gasteiger partial charge in [-0.3, -0.25) is 0 Å². The molecule has 2 atom stereocenters. The lowest BCUT2D eigenvalue weighted by molar-refractivity contribution is 0.0944. The lowest BCUT2D eigenvalue weighted by Gasteiger charge is -2.21. The van der Waals surface area contributed by atoms with Gasteiger partial charge in [0, 0.05) is 18.2 Å². The van der Waals surface area contributed by atoms with Crippen molar-refractivity contribution in [3.05, 3.63) is 23.2 Å². The number of nitrogens with one attached hydrogen (secondary N) is 1. The molecule has 3 heteroatoms. The average molecular weight is 251 g/mol. The van der Waals surface area contributed by atoms with Gasteiger partial charge in [0.2, 0.25) is 0 Å².